The van der Waals surface area contributed by atoms with E-state index >= 15 is 0 Å². The molecule has 0 aliphatic heterocycles. The molecule has 5 nitrogen and oxygen atoms in total. The molecule has 5 heteroatoms. The van der Waals surface area contributed by atoms with Gasteiger partial charge in [0.2, 0.25) is 0 Å². The van der Waals surface area contributed by atoms with Gasteiger partial charge in [0.15, 0.2) is 17.5 Å². The molecule has 0 radical (unpaired) electrons. The predicted octanol–water partition coefficient (Wildman–Crippen LogP) is 13.9. The summed E-state index contributed by atoms with van der Waals surface area (Å²) >= 11 is 0. The molecule has 0 saturated carbocycles. The molecule has 0 saturated heterocycles. The number of benzene rings is 9. The second-order valence-electron chi connectivity index (χ2n) is 15.6. The summed E-state index contributed by atoms with van der Waals surface area (Å²) in [6.07, 6.45) is 0. The Morgan fingerprint density at radius 3 is 1.57 bits per heavy atom. The van der Waals surface area contributed by atoms with Crippen molar-refractivity contribution in [1.29, 1.82) is 0 Å². The van der Waals surface area contributed by atoms with Gasteiger partial charge in [-0.1, -0.05) is 146 Å². The molecule has 13 rings (SSSR count). The topological polar surface area (TPSA) is 48.5 Å². The number of rotatable bonds is 5. The molecule has 0 N–H and O–H groups in total. The Labute approximate surface area is 345 Å². The molecular weight excluding hydrogens is 731 g/mol. The van der Waals surface area contributed by atoms with Gasteiger partial charge in [0.05, 0.1) is 22.1 Å². The molecule has 0 bridgehead atoms. The van der Waals surface area contributed by atoms with Crippen molar-refractivity contribution in [3.05, 3.63) is 200 Å². The number of fused-ring (bicyclic) bond motifs is 6. The van der Waals surface area contributed by atoms with Gasteiger partial charge in [0.25, 0.3) is 0 Å². The molecule has 3 aromatic heterocycles. The Balaban J connectivity index is 1.07. The van der Waals surface area contributed by atoms with E-state index in [4.69, 9.17) is 15.0 Å². The van der Waals surface area contributed by atoms with Crippen molar-refractivity contribution in [1.82, 2.24) is 24.1 Å². The van der Waals surface area contributed by atoms with Gasteiger partial charge >= 0.3 is 0 Å². The first-order valence-electron chi connectivity index (χ1n) is 20.4. The SMILES string of the molecule is c1ccc(-c2nc(-c3ccccc3)nc(-c3cccc(-n4c5cccc6c5c5c7c(cccc7ccc54)-c4cc5c7ccccc7n(-c7ccccc7)c5cc4-6)c3)n2)cc1. The zero-order valence-corrected chi connectivity index (χ0v) is 32.3. The van der Waals surface area contributed by atoms with Crippen LogP contribution in [0.15, 0.2) is 200 Å². The molecule has 12 aromatic rings. The highest BCUT2D eigenvalue weighted by atomic mass is 15.0. The summed E-state index contributed by atoms with van der Waals surface area (Å²) in [7, 11) is 0. The van der Waals surface area contributed by atoms with Crippen molar-refractivity contribution < 1.29 is 0 Å². The van der Waals surface area contributed by atoms with Crippen LogP contribution in [-0.2, 0) is 0 Å². The first-order chi connectivity index (χ1) is 29.8. The van der Waals surface area contributed by atoms with Crippen LogP contribution >= 0.6 is 0 Å². The molecule has 1 aliphatic carbocycles. The summed E-state index contributed by atoms with van der Waals surface area (Å²) in [5, 5.41) is 7.55. The van der Waals surface area contributed by atoms with Crippen molar-refractivity contribution in [2.45, 2.75) is 0 Å². The third-order valence-electron chi connectivity index (χ3n) is 12.3. The first-order valence-corrected chi connectivity index (χ1v) is 20.4. The van der Waals surface area contributed by atoms with Gasteiger partial charge < -0.3 is 9.13 Å². The highest BCUT2D eigenvalue weighted by molar-refractivity contribution is 6.31. The molecule has 0 spiro atoms. The van der Waals surface area contributed by atoms with Crippen LogP contribution in [-0.4, -0.2) is 24.1 Å². The first kappa shape index (κ1) is 32.9. The fraction of sp³-hybridized carbons (Fsp3) is 0. The lowest BCUT2D eigenvalue weighted by Gasteiger charge is -2.15. The van der Waals surface area contributed by atoms with Crippen LogP contribution in [0.25, 0.3) is 122 Å². The molecule has 0 unspecified atom stereocenters. The molecule has 3 heterocycles. The van der Waals surface area contributed by atoms with E-state index in [9.17, 15) is 0 Å². The third kappa shape index (κ3) is 4.77. The highest BCUT2D eigenvalue weighted by Gasteiger charge is 2.27. The molecule has 0 atom stereocenters. The second-order valence-corrected chi connectivity index (χ2v) is 15.6. The molecule has 9 aromatic carbocycles. The fourth-order valence-corrected chi connectivity index (χ4v) is 9.69. The Bertz CT molecular complexity index is 3640. The largest absolute Gasteiger partial charge is 0.309 e. The van der Waals surface area contributed by atoms with Crippen molar-refractivity contribution >= 4 is 54.4 Å². The monoisotopic (exact) mass is 763 g/mol. The van der Waals surface area contributed by atoms with Gasteiger partial charge in [-0.3, -0.25) is 0 Å². The summed E-state index contributed by atoms with van der Waals surface area (Å²) < 4.78 is 4.85. The third-order valence-corrected chi connectivity index (χ3v) is 12.3. The normalized spacial score (nSPS) is 12.0. The van der Waals surface area contributed by atoms with E-state index in [0.29, 0.717) is 17.5 Å². The van der Waals surface area contributed by atoms with E-state index in [0.717, 1.165) is 39.1 Å². The smallest absolute Gasteiger partial charge is 0.164 e. The number of hydrogen-bond acceptors (Lipinski definition) is 3. The number of aromatic nitrogens is 5. The van der Waals surface area contributed by atoms with Crippen LogP contribution in [0.2, 0.25) is 0 Å². The van der Waals surface area contributed by atoms with Gasteiger partial charge in [0, 0.05) is 49.6 Å². The quantitative estimate of drug-likeness (QED) is 0.175. The lowest BCUT2D eigenvalue weighted by atomic mass is 9.91. The van der Waals surface area contributed by atoms with Gasteiger partial charge in [-0.25, -0.2) is 15.0 Å². The van der Waals surface area contributed by atoms with Crippen LogP contribution in [0.1, 0.15) is 0 Å². The summed E-state index contributed by atoms with van der Waals surface area (Å²) in [4.78, 5) is 15.1. The minimum absolute atomic E-state index is 0.631. The van der Waals surface area contributed by atoms with Gasteiger partial charge in [-0.05, 0) is 87.6 Å². The number of nitrogens with zero attached hydrogens (tertiary/aromatic N) is 5. The van der Waals surface area contributed by atoms with Gasteiger partial charge in [0.1, 0.15) is 0 Å². The standard InChI is InChI=1S/C55H33N5/c1-4-15-35(16-5-1)53-56-54(36-17-6-2-7-18-36)58-55(57-53)37-20-12-23-39(31-37)60-47-28-14-26-42-44-33-49-45(40-24-10-11-27-46(40)59(49)38-21-8-3-9-22-38)32-43(44)41-25-13-19-34-29-30-48(60)52(50(34)41)51(42)47/h1-33H. The predicted molar refractivity (Wildman–Crippen MR) is 247 cm³/mol. The van der Waals surface area contributed by atoms with Crippen LogP contribution < -0.4 is 0 Å². The molecule has 278 valence electrons. The van der Waals surface area contributed by atoms with Gasteiger partial charge in [-0.2, -0.15) is 0 Å². The minimum Gasteiger partial charge on any atom is -0.309 e. The van der Waals surface area contributed by atoms with Crippen LogP contribution in [0.4, 0.5) is 0 Å². The summed E-state index contributed by atoms with van der Waals surface area (Å²) in [6, 6.07) is 71.5. The lowest BCUT2D eigenvalue weighted by molar-refractivity contribution is 1.07. The average Bonchev–Trinajstić information content (AvgIpc) is 3.80. The molecule has 60 heavy (non-hydrogen) atoms. The Hall–Kier alpha value is -8.15. The molecule has 0 amide bonds. The van der Waals surface area contributed by atoms with E-state index in [1.807, 2.05) is 60.7 Å². The minimum atomic E-state index is 0.631. The van der Waals surface area contributed by atoms with Crippen molar-refractivity contribution in [3.8, 4) is 67.8 Å². The maximum absolute atomic E-state index is 5.08. The number of para-hydroxylation sites is 2. The molecule has 1 aliphatic rings. The average molecular weight is 764 g/mol. The van der Waals surface area contributed by atoms with E-state index < -0.39 is 0 Å². The van der Waals surface area contributed by atoms with E-state index in [1.165, 1.54) is 65.6 Å². The number of hydrogen-bond donors (Lipinski definition) is 0. The Morgan fingerprint density at radius 1 is 0.283 bits per heavy atom. The maximum atomic E-state index is 5.08. The zero-order valence-electron chi connectivity index (χ0n) is 32.3. The fourth-order valence-electron chi connectivity index (χ4n) is 9.69. The summed E-state index contributed by atoms with van der Waals surface area (Å²) in [6.45, 7) is 0. The van der Waals surface area contributed by atoms with E-state index in [-0.39, 0.29) is 0 Å². The zero-order chi connectivity index (χ0) is 39.3. The Morgan fingerprint density at radius 2 is 0.817 bits per heavy atom. The van der Waals surface area contributed by atoms with Gasteiger partial charge in [-0.15, -0.1) is 0 Å². The van der Waals surface area contributed by atoms with Crippen LogP contribution in [0.5, 0.6) is 0 Å². The van der Waals surface area contributed by atoms with Crippen molar-refractivity contribution in [3.63, 3.8) is 0 Å². The highest BCUT2D eigenvalue weighted by Crippen LogP contribution is 2.51. The Kier molecular flexibility index (Phi) is 6.95. The molecule has 0 fully saturated rings. The van der Waals surface area contributed by atoms with Crippen LogP contribution in [0.3, 0.4) is 0 Å². The maximum Gasteiger partial charge on any atom is 0.164 e. The summed E-state index contributed by atoms with van der Waals surface area (Å²) in [5.41, 5.74) is 14.7. The van der Waals surface area contributed by atoms with E-state index in [2.05, 4.69) is 149 Å². The lowest BCUT2D eigenvalue weighted by Crippen LogP contribution is -2.01. The molecular formula is C55H33N5. The van der Waals surface area contributed by atoms with E-state index in [1.54, 1.807) is 0 Å². The van der Waals surface area contributed by atoms with Crippen molar-refractivity contribution in [2.75, 3.05) is 0 Å². The summed E-state index contributed by atoms with van der Waals surface area (Å²) in [5.74, 6) is 1.92. The van der Waals surface area contributed by atoms with Crippen molar-refractivity contribution in [2.24, 2.45) is 0 Å². The second kappa shape index (κ2) is 12.7. The van der Waals surface area contributed by atoms with Crippen LogP contribution in [0, 0.1) is 0 Å².